The van der Waals surface area contributed by atoms with Crippen molar-refractivity contribution in [3.63, 3.8) is 0 Å². The largest absolute Gasteiger partial charge is 0.286 e. The van der Waals surface area contributed by atoms with Crippen LogP contribution in [-0.2, 0) is 9.59 Å². The maximum absolute atomic E-state index is 14.2. The molecule has 44 heavy (non-hydrogen) atoms. The van der Waals surface area contributed by atoms with Crippen molar-refractivity contribution < 1.29 is 20.0 Å². The molecule has 1 unspecified atom stereocenters. The van der Waals surface area contributed by atoms with E-state index in [1.54, 1.807) is 0 Å². The lowest BCUT2D eigenvalue weighted by atomic mass is 9.84. The van der Waals surface area contributed by atoms with Gasteiger partial charge in [0.2, 0.25) is 0 Å². The zero-order chi connectivity index (χ0) is 31.4. The Balaban J connectivity index is 1.48. The van der Waals surface area contributed by atoms with Crippen LogP contribution in [0.15, 0.2) is 97.1 Å². The molecule has 1 saturated carbocycles. The Morgan fingerprint density at radius 2 is 0.818 bits per heavy atom. The van der Waals surface area contributed by atoms with Crippen molar-refractivity contribution in [2.24, 2.45) is 0 Å². The molecule has 0 bridgehead atoms. The number of benzene rings is 4. The molecule has 2 atom stereocenters. The summed E-state index contributed by atoms with van der Waals surface area (Å²) in [5.74, 6) is -2.43. The number of amides is 2. The first-order chi connectivity index (χ1) is 21.1. The van der Waals surface area contributed by atoms with Crippen molar-refractivity contribution in [3.05, 3.63) is 142 Å². The molecule has 1 fully saturated rings. The van der Waals surface area contributed by atoms with E-state index in [-0.39, 0.29) is 0 Å². The number of hydrogen-bond donors (Lipinski definition) is 2. The van der Waals surface area contributed by atoms with E-state index >= 15 is 0 Å². The van der Waals surface area contributed by atoms with Gasteiger partial charge in [0.25, 0.3) is 11.8 Å². The monoisotopic (exact) mass is 590 g/mol. The van der Waals surface area contributed by atoms with Gasteiger partial charge >= 0.3 is 0 Å². The Labute approximate surface area is 260 Å². The molecular formula is C38H42N2O4. The van der Waals surface area contributed by atoms with Crippen molar-refractivity contribution in [1.82, 2.24) is 10.1 Å². The van der Waals surface area contributed by atoms with Gasteiger partial charge in [0.1, 0.15) is 0 Å². The van der Waals surface area contributed by atoms with E-state index < -0.39 is 35.7 Å². The molecule has 0 heterocycles. The summed E-state index contributed by atoms with van der Waals surface area (Å²) in [5, 5.41) is 24.9. The molecule has 1 aliphatic carbocycles. The molecule has 6 heteroatoms. The van der Waals surface area contributed by atoms with Gasteiger partial charge in [-0.2, -0.15) is 0 Å². The Bertz CT molecular complexity index is 1420. The third-order valence-electron chi connectivity index (χ3n) is 8.77. The van der Waals surface area contributed by atoms with Crippen LogP contribution in [0, 0.1) is 27.7 Å². The second-order valence-corrected chi connectivity index (χ2v) is 12.3. The average Bonchev–Trinajstić information content (AvgIpc) is 3.01. The SMILES string of the molecule is Cc1cccc(C(C(=O)N(O)C2CCCC[C@H]2N(O)C(=O)C(c2cccc(C)c2)c2cccc(C)c2)c2cccc(C)c2)c1. The van der Waals surface area contributed by atoms with E-state index in [4.69, 9.17) is 0 Å². The molecule has 6 nitrogen and oxygen atoms in total. The summed E-state index contributed by atoms with van der Waals surface area (Å²) in [6.45, 7) is 7.90. The van der Waals surface area contributed by atoms with Crippen LogP contribution in [0.5, 0.6) is 0 Å². The molecule has 0 radical (unpaired) electrons. The van der Waals surface area contributed by atoms with Gasteiger partial charge in [-0.25, -0.2) is 10.1 Å². The smallest absolute Gasteiger partial charge is 0.258 e. The number of carbonyl (C=O) groups is 2. The van der Waals surface area contributed by atoms with E-state index in [0.29, 0.717) is 12.8 Å². The maximum atomic E-state index is 14.2. The molecule has 0 aromatic heterocycles. The molecule has 0 saturated heterocycles. The summed E-state index contributed by atoms with van der Waals surface area (Å²) in [7, 11) is 0. The van der Waals surface area contributed by atoms with Crippen LogP contribution < -0.4 is 0 Å². The molecule has 2 amide bonds. The lowest BCUT2D eigenvalue weighted by molar-refractivity contribution is -0.213. The highest BCUT2D eigenvalue weighted by atomic mass is 16.5. The van der Waals surface area contributed by atoms with E-state index in [9.17, 15) is 20.0 Å². The zero-order valence-electron chi connectivity index (χ0n) is 26.0. The minimum absolute atomic E-state index is 0.463. The van der Waals surface area contributed by atoms with E-state index in [1.165, 1.54) is 0 Å². The number of nitrogens with zero attached hydrogens (tertiary/aromatic N) is 2. The van der Waals surface area contributed by atoms with E-state index in [2.05, 4.69) is 0 Å². The predicted molar refractivity (Wildman–Crippen MR) is 172 cm³/mol. The molecule has 4 aromatic carbocycles. The van der Waals surface area contributed by atoms with Crippen molar-refractivity contribution in [2.45, 2.75) is 77.3 Å². The molecule has 0 aliphatic heterocycles. The van der Waals surface area contributed by atoms with Crippen LogP contribution in [0.3, 0.4) is 0 Å². The lowest BCUT2D eigenvalue weighted by Gasteiger charge is -2.41. The quantitative estimate of drug-likeness (QED) is 0.163. The van der Waals surface area contributed by atoms with Gasteiger partial charge in [-0.3, -0.25) is 20.0 Å². The highest BCUT2D eigenvalue weighted by Crippen LogP contribution is 2.35. The molecule has 2 N–H and O–H groups in total. The predicted octanol–water partition coefficient (Wildman–Crippen LogP) is 7.63. The summed E-state index contributed by atoms with van der Waals surface area (Å²) in [6.07, 6.45) is 2.47. The molecule has 228 valence electrons. The number of hydrogen-bond acceptors (Lipinski definition) is 4. The average molecular weight is 591 g/mol. The molecular weight excluding hydrogens is 548 g/mol. The topological polar surface area (TPSA) is 81.1 Å². The van der Waals surface area contributed by atoms with Crippen molar-refractivity contribution >= 4 is 11.8 Å². The second kappa shape index (κ2) is 13.6. The van der Waals surface area contributed by atoms with Crippen LogP contribution in [0.1, 0.15) is 82.0 Å². The molecule has 5 rings (SSSR count). The third-order valence-corrected chi connectivity index (χ3v) is 8.77. The van der Waals surface area contributed by atoms with Gasteiger partial charge in [0.15, 0.2) is 0 Å². The summed E-state index contributed by atoms with van der Waals surface area (Å²) < 4.78 is 0. The number of aryl methyl sites for hydroxylation is 4. The summed E-state index contributed by atoms with van der Waals surface area (Å²) in [5.41, 5.74) is 7.17. The van der Waals surface area contributed by atoms with Crippen LogP contribution in [0.4, 0.5) is 0 Å². The van der Waals surface area contributed by atoms with Gasteiger partial charge in [-0.1, -0.05) is 132 Å². The first-order valence-electron chi connectivity index (χ1n) is 15.4. The fourth-order valence-electron chi connectivity index (χ4n) is 6.61. The third kappa shape index (κ3) is 6.77. The maximum Gasteiger partial charge on any atom is 0.258 e. The van der Waals surface area contributed by atoms with Crippen molar-refractivity contribution in [1.29, 1.82) is 0 Å². The number of carbonyl (C=O) groups excluding carboxylic acids is 2. The van der Waals surface area contributed by atoms with Crippen molar-refractivity contribution in [2.75, 3.05) is 0 Å². The second-order valence-electron chi connectivity index (χ2n) is 12.3. The van der Waals surface area contributed by atoms with E-state index in [1.807, 2.05) is 125 Å². The van der Waals surface area contributed by atoms with Gasteiger partial charge < -0.3 is 0 Å². The zero-order valence-corrected chi connectivity index (χ0v) is 26.0. The first kappa shape index (κ1) is 31.2. The van der Waals surface area contributed by atoms with Gasteiger partial charge in [-0.15, -0.1) is 0 Å². The summed E-state index contributed by atoms with van der Waals surface area (Å²) in [6, 6.07) is 29.5. The molecule has 0 spiro atoms. The molecule has 4 aromatic rings. The minimum atomic E-state index is -0.766. The van der Waals surface area contributed by atoms with Gasteiger partial charge in [0, 0.05) is 0 Å². The summed E-state index contributed by atoms with van der Waals surface area (Å²) in [4.78, 5) is 28.5. The highest BCUT2D eigenvalue weighted by molar-refractivity contribution is 5.88. The van der Waals surface area contributed by atoms with E-state index in [0.717, 1.165) is 67.5 Å². The van der Waals surface area contributed by atoms with Crippen LogP contribution in [-0.4, -0.2) is 44.4 Å². The van der Waals surface area contributed by atoms with Crippen LogP contribution in [0.25, 0.3) is 0 Å². The summed E-state index contributed by atoms with van der Waals surface area (Å²) >= 11 is 0. The number of rotatable bonds is 8. The fourth-order valence-corrected chi connectivity index (χ4v) is 6.61. The normalized spacial score (nSPS) is 16.6. The van der Waals surface area contributed by atoms with Crippen molar-refractivity contribution in [3.8, 4) is 0 Å². The Hall–Kier alpha value is -4.26. The van der Waals surface area contributed by atoms with Crippen LogP contribution in [0.2, 0.25) is 0 Å². The van der Waals surface area contributed by atoms with Gasteiger partial charge in [0.05, 0.1) is 23.9 Å². The standard InChI is InChI=1S/C38H42N2O4/c1-25-11-7-15-29(21-25)35(30-16-8-12-26(2)22-30)37(41)39(43)33-19-5-6-20-34(33)40(44)38(42)36(31-17-9-13-27(3)23-31)32-18-10-14-28(4)24-32/h7-18,21-24,33-36,43-44H,5-6,19-20H2,1-4H3/t33-,34?/m1/s1. The Morgan fingerprint density at radius 1 is 0.545 bits per heavy atom. The lowest BCUT2D eigenvalue weighted by Crippen LogP contribution is -2.56. The molecule has 1 aliphatic rings. The fraction of sp³-hybridized carbons (Fsp3) is 0.316. The highest BCUT2D eigenvalue weighted by Gasteiger charge is 2.42. The van der Waals surface area contributed by atoms with Gasteiger partial charge in [-0.05, 0) is 62.8 Å². The first-order valence-corrected chi connectivity index (χ1v) is 15.4. The van der Waals surface area contributed by atoms with Crippen LogP contribution >= 0.6 is 0 Å². The Kier molecular flexibility index (Phi) is 9.62. The Morgan fingerprint density at radius 3 is 1.07 bits per heavy atom. The number of hydroxylamine groups is 4. The minimum Gasteiger partial charge on any atom is -0.286 e.